The van der Waals surface area contributed by atoms with Gasteiger partial charge >= 0.3 is 0 Å². The van der Waals surface area contributed by atoms with Gasteiger partial charge in [-0.2, -0.15) is 5.10 Å². The molecule has 1 unspecified atom stereocenters. The Kier molecular flexibility index (Phi) is 4.48. The third-order valence-electron chi connectivity index (χ3n) is 4.36. The van der Waals surface area contributed by atoms with Gasteiger partial charge in [-0.05, 0) is 38.7 Å². The third kappa shape index (κ3) is 3.39. The van der Waals surface area contributed by atoms with E-state index in [1.54, 1.807) is 0 Å². The first-order valence-corrected chi connectivity index (χ1v) is 7.42. The van der Waals surface area contributed by atoms with Crippen LogP contribution in [0.15, 0.2) is 0 Å². The molecule has 1 amide bonds. The zero-order chi connectivity index (χ0) is 14.8. The van der Waals surface area contributed by atoms with Crippen LogP contribution in [-0.2, 0) is 11.2 Å². The van der Waals surface area contributed by atoms with Crippen LogP contribution in [0, 0.1) is 19.8 Å². The van der Waals surface area contributed by atoms with Crippen molar-refractivity contribution in [3.8, 4) is 0 Å². The maximum Gasteiger partial charge on any atom is 0.223 e. The fourth-order valence-electron chi connectivity index (χ4n) is 2.91. The predicted octanol–water partition coefficient (Wildman–Crippen LogP) is 1.63. The Balaban J connectivity index is 1.86. The molecule has 2 rings (SSSR count). The first kappa shape index (κ1) is 15.0. The molecule has 3 N–H and O–H groups in total. The second-order valence-electron chi connectivity index (χ2n) is 6.17. The fraction of sp³-hybridized carbons (Fsp3) is 0.733. The number of nitrogens with zero attached hydrogens (tertiary/aromatic N) is 1. The molecule has 1 aromatic rings. The highest BCUT2D eigenvalue weighted by Gasteiger charge is 2.31. The molecule has 0 aromatic carbocycles. The number of rotatable bonds is 5. The van der Waals surface area contributed by atoms with Crippen molar-refractivity contribution in [1.29, 1.82) is 0 Å². The van der Waals surface area contributed by atoms with Crippen molar-refractivity contribution in [2.24, 2.45) is 5.92 Å². The van der Waals surface area contributed by atoms with Crippen molar-refractivity contribution in [3.05, 3.63) is 17.0 Å². The second-order valence-corrected chi connectivity index (χ2v) is 6.17. The van der Waals surface area contributed by atoms with Crippen LogP contribution in [0.4, 0.5) is 0 Å². The molecule has 1 atom stereocenters. The molecule has 5 nitrogen and oxygen atoms in total. The van der Waals surface area contributed by atoms with Crippen LogP contribution in [0.2, 0.25) is 0 Å². The summed E-state index contributed by atoms with van der Waals surface area (Å²) in [6, 6.07) is 0. The van der Waals surface area contributed by atoms with E-state index in [4.69, 9.17) is 0 Å². The number of hydrogen-bond acceptors (Lipinski definition) is 3. The van der Waals surface area contributed by atoms with Crippen molar-refractivity contribution in [2.75, 3.05) is 6.54 Å². The summed E-state index contributed by atoms with van der Waals surface area (Å²) in [4.78, 5) is 12.1. The van der Waals surface area contributed by atoms with E-state index in [1.165, 1.54) is 0 Å². The normalized spacial score (nSPS) is 19.0. The van der Waals surface area contributed by atoms with Crippen LogP contribution in [0.25, 0.3) is 0 Å². The van der Waals surface area contributed by atoms with Crippen molar-refractivity contribution >= 4 is 5.91 Å². The van der Waals surface area contributed by atoms with E-state index in [9.17, 15) is 9.90 Å². The van der Waals surface area contributed by atoms with Crippen LogP contribution < -0.4 is 5.32 Å². The maximum absolute atomic E-state index is 12.1. The monoisotopic (exact) mass is 279 g/mol. The molecule has 1 aliphatic rings. The third-order valence-corrected chi connectivity index (χ3v) is 4.36. The Morgan fingerprint density at radius 2 is 2.10 bits per heavy atom. The lowest BCUT2D eigenvalue weighted by Crippen LogP contribution is -2.42. The standard InChI is InChI=1S/C15H25N3O2/c1-10(8-13-11(2)17-18-12(13)3)14(19)16-9-15(20)6-4-5-7-15/h10,20H,4-9H2,1-3H3,(H,16,19)(H,17,18). The molecule has 1 fully saturated rings. The summed E-state index contributed by atoms with van der Waals surface area (Å²) in [6.07, 6.45) is 4.37. The molecule has 20 heavy (non-hydrogen) atoms. The summed E-state index contributed by atoms with van der Waals surface area (Å²) >= 11 is 0. The fourth-order valence-corrected chi connectivity index (χ4v) is 2.91. The minimum absolute atomic E-state index is 0.00493. The summed E-state index contributed by atoms with van der Waals surface area (Å²) in [5.74, 6) is -0.111. The Hall–Kier alpha value is -1.36. The van der Waals surface area contributed by atoms with Gasteiger partial charge in [-0.3, -0.25) is 9.89 Å². The van der Waals surface area contributed by atoms with Gasteiger partial charge in [-0.25, -0.2) is 0 Å². The highest BCUT2D eigenvalue weighted by atomic mass is 16.3. The van der Waals surface area contributed by atoms with Crippen molar-refractivity contribution < 1.29 is 9.90 Å². The van der Waals surface area contributed by atoms with E-state index < -0.39 is 5.60 Å². The largest absolute Gasteiger partial charge is 0.388 e. The molecule has 0 aliphatic heterocycles. The zero-order valence-corrected chi connectivity index (χ0v) is 12.6. The molecular weight excluding hydrogens is 254 g/mol. The van der Waals surface area contributed by atoms with Crippen molar-refractivity contribution in [3.63, 3.8) is 0 Å². The van der Waals surface area contributed by atoms with Gasteiger partial charge in [0, 0.05) is 18.2 Å². The van der Waals surface area contributed by atoms with Crippen molar-refractivity contribution in [2.45, 2.75) is 58.5 Å². The van der Waals surface area contributed by atoms with Gasteiger partial charge in [0.2, 0.25) is 5.91 Å². The molecular formula is C15H25N3O2. The minimum Gasteiger partial charge on any atom is -0.388 e. The number of nitrogens with one attached hydrogen (secondary N) is 2. The number of aryl methyl sites for hydroxylation is 2. The molecule has 5 heteroatoms. The Labute approximate surface area is 120 Å². The number of carbonyl (C=O) groups excluding carboxylic acids is 1. The zero-order valence-electron chi connectivity index (χ0n) is 12.6. The van der Waals surface area contributed by atoms with E-state index in [0.717, 1.165) is 42.6 Å². The van der Waals surface area contributed by atoms with Gasteiger partial charge in [-0.15, -0.1) is 0 Å². The first-order valence-electron chi connectivity index (χ1n) is 7.42. The highest BCUT2D eigenvalue weighted by Crippen LogP contribution is 2.28. The molecule has 112 valence electrons. The molecule has 0 radical (unpaired) electrons. The molecule has 0 spiro atoms. The number of hydrogen-bond donors (Lipinski definition) is 3. The number of amides is 1. The van der Waals surface area contributed by atoms with Gasteiger partial charge in [0.25, 0.3) is 0 Å². The van der Waals surface area contributed by atoms with Gasteiger partial charge < -0.3 is 10.4 Å². The van der Waals surface area contributed by atoms with Crippen LogP contribution in [0.1, 0.15) is 49.6 Å². The summed E-state index contributed by atoms with van der Waals surface area (Å²) < 4.78 is 0. The Morgan fingerprint density at radius 3 is 2.65 bits per heavy atom. The van der Waals surface area contributed by atoms with Crippen LogP contribution in [-0.4, -0.2) is 33.4 Å². The number of H-pyrrole nitrogens is 1. The van der Waals surface area contributed by atoms with E-state index in [2.05, 4.69) is 15.5 Å². The number of aliphatic hydroxyl groups is 1. The SMILES string of the molecule is Cc1n[nH]c(C)c1CC(C)C(=O)NCC1(O)CCCC1. The number of aromatic nitrogens is 2. The Morgan fingerprint density at radius 1 is 1.45 bits per heavy atom. The smallest absolute Gasteiger partial charge is 0.223 e. The van der Waals surface area contributed by atoms with E-state index in [-0.39, 0.29) is 11.8 Å². The first-order chi connectivity index (χ1) is 9.41. The molecule has 1 heterocycles. The average Bonchev–Trinajstić information content (AvgIpc) is 2.97. The summed E-state index contributed by atoms with van der Waals surface area (Å²) in [5.41, 5.74) is 2.41. The second kappa shape index (κ2) is 5.95. The lowest BCUT2D eigenvalue weighted by Gasteiger charge is -2.23. The molecule has 0 bridgehead atoms. The molecule has 0 saturated heterocycles. The van der Waals surface area contributed by atoms with Crippen molar-refractivity contribution in [1.82, 2.24) is 15.5 Å². The van der Waals surface area contributed by atoms with E-state index in [1.807, 2.05) is 20.8 Å². The van der Waals surface area contributed by atoms with Gasteiger partial charge in [0.1, 0.15) is 0 Å². The summed E-state index contributed by atoms with van der Waals surface area (Å²) in [7, 11) is 0. The van der Waals surface area contributed by atoms with E-state index >= 15 is 0 Å². The predicted molar refractivity (Wildman–Crippen MR) is 77.4 cm³/mol. The lowest BCUT2D eigenvalue weighted by molar-refractivity contribution is -0.125. The summed E-state index contributed by atoms with van der Waals surface area (Å²) in [5, 5.41) is 20.2. The average molecular weight is 279 g/mol. The van der Waals surface area contributed by atoms with Crippen LogP contribution in [0.3, 0.4) is 0 Å². The quantitative estimate of drug-likeness (QED) is 0.766. The summed E-state index contributed by atoms with van der Waals surface area (Å²) in [6.45, 7) is 6.21. The molecule has 1 aliphatic carbocycles. The molecule has 1 saturated carbocycles. The van der Waals surface area contributed by atoms with Gasteiger partial charge in [-0.1, -0.05) is 19.8 Å². The lowest BCUT2D eigenvalue weighted by atomic mass is 9.98. The van der Waals surface area contributed by atoms with E-state index in [0.29, 0.717) is 13.0 Å². The number of aromatic amines is 1. The highest BCUT2D eigenvalue weighted by molar-refractivity contribution is 5.78. The van der Waals surface area contributed by atoms with Crippen LogP contribution in [0.5, 0.6) is 0 Å². The minimum atomic E-state index is -0.684. The van der Waals surface area contributed by atoms with Crippen LogP contribution >= 0.6 is 0 Å². The van der Waals surface area contributed by atoms with Gasteiger partial charge in [0.05, 0.1) is 11.3 Å². The Bertz CT molecular complexity index is 456. The maximum atomic E-state index is 12.1. The number of carbonyl (C=O) groups is 1. The topological polar surface area (TPSA) is 78.0 Å². The molecule has 1 aromatic heterocycles. The van der Waals surface area contributed by atoms with Gasteiger partial charge in [0.15, 0.2) is 0 Å².